The summed E-state index contributed by atoms with van der Waals surface area (Å²) in [4.78, 5) is 12.1. The lowest BCUT2D eigenvalue weighted by molar-refractivity contribution is -0.122. The van der Waals surface area contributed by atoms with Crippen LogP contribution in [-0.4, -0.2) is 19.1 Å². The van der Waals surface area contributed by atoms with Crippen LogP contribution >= 0.6 is 0 Å². The van der Waals surface area contributed by atoms with E-state index in [1.807, 2.05) is 6.07 Å². The van der Waals surface area contributed by atoms with E-state index in [9.17, 15) is 4.79 Å². The number of amides is 1. The van der Waals surface area contributed by atoms with Gasteiger partial charge in [0, 0.05) is 12.5 Å². The Hall–Kier alpha value is -1.51. The molecule has 1 aliphatic carbocycles. The molecule has 1 N–H and O–H groups in total. The molecule has 2 rings (SSSR count). The summed E-state index contributed by atoms with van der Waals surface area (Å²) in [5.74, 6) is 1.15. The minimum absolute atomic E-state index is 0.223. The number of ether oxygens (including phenoxy) is 1. The molecular formula is C20H31NO2. The largest absolute Gasteiger partial charge is 0.496 e. The lowest BCUT2D eigenvalue weighted by Crippen LogP contribution is -2.35. The van der Waals surface area contributed by atoms with E-state index in [0.29, 0.717) is 12.5 Å². The molecule has 0 aliphatic heterocycles. The highest BCUT2D eigenvalue weighted by molar-refractivity contribution is 5.76. The molecule has 0 atom stereocenters. The molecule has 0 radical (unpaired) electrons. The molecule has 1 aliphatic rings. The Morgan fingerprint density at radius 1 is 1.17 bits per heavy atom. The van der Waals surface area contributed by atoms with Gasteiger partial charge in [0.15, 0.2) is 0 Å². The van der Waals surface area contributed by atoms with Gasteiger partial charge in [0.2, 0.25) is 5.91 Å². The predicted molar refractivity (Wildman–Crippen MR) is 94.9 cm³/mol. The fourth-order valence-electron chi connectivity index (χ4n) is 3.45. The molecule has 1 amide bonds. The molecule has 0 saturated heterocycles. The molecule has 128 valence electrons. The third-order valence-corrected chi connectivity index (χ3v) is 4.80. The van der Waals surface area contributed by atoms with Crippen molar-refractivity contribution in [2.45, 2.75) is 77.2 Å². The van der Waals surface area contributed by atoms with E-state index >= 15 is 0 Å². The van der Waals surface area contributed by atoms with Gasteiger partial charge in [0.25, 0.3) is 0 Å². The standard InChI is InChI=1S/C20H31NO2/c1-16-15-17(13-14-19(16)23-2)9-8-12-20(22)21-18-10-6-4-3-5-7-11-18/h13-15,18H,3-12H2,1-2H3,(H,21,22). The summed E-state index contributed by atoms with van der Waals surface area (Å²) in [6.07, 6.45) is 11.3. The molecule has 0 aromatic heterocycles. The fourth-order valence-corrected chi connectivity index (χ4v) is 3.45. The topological polar surface area (TPSA) is 38.3 Å². The number of methoxy groups -OCH3 is 1. The van der Waals surface area contributed by atoms with Crippen LogP contribution in [0.5, 0.6) is 5.75 Å². The highest BCUT2D eigenvalue weighted by Crippen LogP contribution is 2.20. The van der Waals surface area contributed by atoms with Crippen molar-refractivity contribution in [2.75, 3.05) is 7.11 Å². The summed E-state index contributed by atoms with van der Waals surface area (Å²) in [7, 11) is 1.70. The van der Waals surface area contributed by atoms with Gasteiger partial charge in [-0.15, -0.1) is 0 Å². The van der Waals surface area contributed by atoms with Crippen LogP contribution in [0.3, 0.4) is 0 Å². The van der Waals surface area contributed by atoms with E-state index in [0.717, 1.165) is 37.0 Å². The molecular weight excluding hydrogens is 286 g/mol. The average molecular weight is 317 g/mol. The van der Waals surface area contributed by atoms with E-state index in [1.165, 1.54) is 37.7 Å². The summed E-state index contributed by atoms with van der Waals surface area (Å²) in [6.45, 7) is 2.06. The van der Waals surface area contributed by atoms with Crippen LogP contribution < -0.4 is 10.1 Å². The molecule has 1 fully saturated rings. The second-order valence-corrected chi connectivity index (χ2v) is 6.77. The predicted octanol–water partition coefficient (Wildman–Crippen LogP) is 4.56. The van der Waals surface area contributed by atoms with Crippen molar-refractivity contribution in [3.63, 3.8) is 0 Å². The number of hydrogen-bond acceptors (Lipinski definition) is 2. The highest BCUT2D eigenvalue weighted by atomic mass is 16.5. The quantitative estimate of drug-likeness (QED) is 0.835. The number of rotatable bonds is 6. The lowest BCUT2D eigenvalue weighted by atomic mass is 9.96. The molecule has 1 aromatic carbocycles. The number of aryl methyl sites for hydroxylation is 2. The van der Waals surface area contributed by atoms with Crippen molar-refractivity contribution in [1.82, 2.24) is 5.32 Å². The Labute approximate surface area is 140 Å². The maximum absolute atomic E-state index is 12.1. The first-order valence-electron chi connectivity index (χ1n) is 9.12. The normalized spacial score (nSPS) is 16.4. The second-order valence-electron chi connectivity index (χ2n) is 6.77. The monoisotopic (exact) mass is 317 g/mol. The van der Waals surface area contributed by atoms with Crippen molar-refractivity contribution in [3.05, 3.63) is 29.3 Å². The third-order valence-electron chi connectivity index (χ3n) is 4.80. The molecule has 0 spiro atoms. The maximum atomic E-state index is 12.1. The Morgan fingerprint density at radius 2 is 1.87 bits per heavy atom. The molecule has 0 unspecified atom stereocenters. The summed E-state index contributed by atoms with van der Waals surface area (Å²) in [5, 5.41) is 3.24. The van der Waals surface area contributed by atoms with Crippen LogP contribution in [0, 0.1) is 6.92 Å². The van der Waals surface area contributed by atoms with Gasteiger partial charge in [-0.25, -0.2) is 0 Å². The Morgan fingerprint density at radius 3 is 2.52 bits per heavy atom. The van der Waals surface area contributed by atoms with Crippen molar-refractivity contribution < 1.29 is 9.53 Å². The molecule has 1 saturated carbocycles. The van der Waals surface area contributed by atoms with Gasteiger partial charge in [-0.05, 0) is 49.8 Å². The minimum atomic E-state index is 0.223. The molecule has 23 heavy (non-hydrogen) atoms. The van der Waals surface area contributed by atoms with Gasteiger partial charge in [-0.2, -0.15) is 0 Å². The van der Waals surface area contributed by atoms with E-state index in [-0.39, 0.29) is 5.91 Å². The maximum Gasteiger partial charge on any atom is 0.220 e. The van der Waals surface area contributed by atoms with Gasteiger partial charge in [0.05, 0.1) is 7.11 Å². The molecule has 1 aromatic rings. The summed E-state index contributed by atoms with van der Waals surface area (Å²) in [5.41, 5.74) is 2.44. The number of nitrogens with one attached hydrogen (secondary N) is 1. The zero-order valence-electron chi connectivity index (χ0n) is 14.7. The number of benzene rings is 1. The van der Waals surface area contributed by atoms with Crippen LogP contribution in [0.1, 0.15) is 68.9 Å². The molecule has 3 nitrogen and oxygen atoms in total. The summed E-state index contributed by atoms with van der Waals surface area (Å²) < 4.78 is 5.28. The third kappa shape index (κ3) is 6.25. The summed E-state index contributed by atoms with van der Waals surface area (Å²) in [6, 6.07) is 6.68. The van der Waals surface area contributed by atoms with E-state index in [2.05, 4.69) is 24.4 Å². The van der Waals surface area contributed by atoms with E-state index in [4.69, 9.17) is 4.74 Å². The van der Waals surface area contributed by atoms with Crippen LogP contribution in [0.4, 0.5) is 0 Å². The van der Waals surface area contributed by atoms with Crippen LogP contribution in [0.15, 0.2) is 18.2 Å². The summed E-state index contributed by atoms with van der Waals surface area (Å²) >= 11 is 0. The zero-order valence-corrected chi connectivity index (χ0v) is 14.7. The van der Waals surface area contributed by atoms with E-state index < -0.39 is 0 Å². The molecule has 3 heteroatoms. The Balaban J connectivity index is 1.70. The fraction of sp³-hybridized carbons (Fsp3) is 0.650. The number of carbonyl (C=O) groups excluding carboxylic acids is 1. The minimum Gasteiger partial charge on any atom is -0.496 e. The second kappa shape index (κ2) is 9.59. The van der Waals surface area contributed by atoms with Gasteiger partial charge in [-0.3, -0.25) is 4.79 Å². The Kier molecular flexibility index (Phi) is 7.44. The van der Waals surface area contributed by atoms with Crippen molar-refractivity contribution in [1.29, 1.82) is 0 Å². The van der Waals surface area contributed by atoms with Crippen molar-refractivity contribution in [3.8, 4) is 5.75 Å². The van der Waals surface area contributed by atoms with Crippen molar-refractivity contribution >= 4 is 5.91 Å². The van der Waals surface area contributed by atoms with Gasteiger partial charge in [0.1, 0.15) is 5.75 Å². The van der Waals surface area contributed by atoms with Gasteiger partial charge in [-0.1, -0.05) is 44.2 Å². The zero-order chi connectivity index (χ0) is 16.5. The highest BCUT2D eigenvalue weighted by Gasteiger charge is 2.13. The SMILES string of the molecule is COc1ccc(CCCC(=O)NC2CCCCCCC2)cc1C. The van der Waals surface area contributed by atoms with Crippen LogP contribution in [-0.2, 0) is 11.2 Å². The number of hydrogen-bond donors (Lipinski definition) is 1. The van der Waals surface area contributed by atoms with Crippen LogP contribution in [0.2, 0.25) is 0 Å². The van der Waals surface area contributed by atoms with Crippen molar-refractivity contribution in [2.24, 2.45) is 0 Å². The Bertz CT molecular complexity index is 490. The first-order valence-corrected chi connectivity index (χ1v) is 9.12. The molecule has 0 heterocycles. The first kappa shape index (κ1) is 17.8. The van der Waals surface area contributed by atoms with Gasteiger partial charge < -0.3 is 10.1 Å². The molecule has 0 bridgehead atoms. The first-order chi connectivity index (χ1) is 11.2. The average Bonchev–Trinajstić information content (AvgIpc) is 2.50. The van der Waals surface area contributed by atoms with E-state index in [1.54, 1.807) is 7.11 Å². The van der Waals surface area contributed by atoms with Gasteiger partial charge >= 0.3 is 0 Å². The number of carbonyl (C=O) groups is 1. The van der Waals surface area contributed by atoms with Crippen LogP contribution in [0.25, 0.3) is 0 Å². The lowest BCUT2D eigenvalue weighted by Gasteiger charge is -2.21. The smallest absolute Gasteiger partial charge is 0.220 e.